The van der Waals surface area contributed by atoms with Gasteiger partial charge < -0.3 is 4.42 Å². The van der Waals surface area contributed by atoms with E-state index in [4.69, 9.17) is 28.2 Å². The molecule has 2 aromatic rings. The smallest absolute Gasteiger partial charge is 0.287 e. The van der Waals surface area contributed by atoms with Gasteiger partial charge in [-0.1, -0.05) is 11.6 Å². The van der Waals surface area contributed by atoms with Gasteiger partial charge in [-0.3, -0.25) is 0 Å². The zero-order valence-corrected chi connectivity index (χ0v) is 12.5. The summed E-state index contributed by atoms with van der Waals surface area (Å²) in [5, 5.41) is 4.13. The first-order valence-corrected chi connectivity index (χ1v) is 8.53. The molecule has 0 aliphatic heterocycles. The molecule has 0 radical (unpaired) electrons. The second-order valence-electron chi connectivity index (χ2n) is 3.63. The van der Waals surface area contributed by atoms with Crippen LogP contribution >= 0.6 is 35.2 Å². The molecule has 0 saturated carbocycles. The second kappa shape index (κ2) is 5.12. The normalized spacial score (nSPS) is 11.9. The van der Waals surface area contributed by atoms with Crippen molar-refractivity contribution in [1.82, 2.24) is 9.78 Å². The van der Waals surface area contributed by atoms with Gasteiger partial charge >= 0.3 is 0 Å². The second-order valence-corrected chi connectivity index (χ2v) is 7.95. The lowest BCUT2D eigenvalue weighted by molar-refractivity contribution is 0.519. The topological polar surface area (TPSA) is 65.1 Å². The maximum Gasteiger partial charge on any atom is 0.287 e. The van der Waals surface area contributed by atoms with Crippen molar-refractivity contribution in [2.45, 2.75) is 6.54 Å². The fraction of sp³-hybridized carbons (Fsp3) is 0.333. The predicted octanol–water partition coefficient (Wildman–Crippen LogP) is 2.63. The van der Waals surface area contributed by atoms with E-state index in [1.807, 2.05) is 0 Å². The maximum atomic E-state index is 11.1. The first-order chi connectivity index (χ1) is 8.35. The quantitative estimate of drug-likeness (QED) is 0.809. The highest BCUT2D eigenvalue weighted by molar-refractivity contribution is 7.90. The lowest BCUT2D eigenvalue weighted by atomic mass is 10.5. The van der Waals surface area contributed by atoms with Gasteiger partial charge in [0.2, 0.25) is 0 Å². The van der Waals surface area contributed by atoms with Crippen molar-refractivity contribution in [3.63, 3.8) is 0 Å². The molecular weight excluding hydrogens is 316 g/mol. The zero-order valence-electron chi connectivity index (χ0n) is 9.29. The Bertz CT molecular complexity index is 713. The average molecular weight is 325 g/mol. The van der Waals surface area contributed by atoms with Gasteiger partial charge in [0.05, 0.1) is 21.5 Å². The summed E-state index contributed by atoms with van der Waals surface area (Å²) in [7, 11) is -3.06. The van der Waals surface area contributed by atoms with Crippen LogP contribution in [0, 0.1) is 4.84 Å². The minimum atomic E-state index is -3.06. The molecule has 0 fully saturated rings. The van der Waals surface area contributed by atoms with Crippen LogP contribution in [0.25, 0.3) is 10.8 Å². The van der Waals surface area contributed by atoms with Gasteiger partial charge in [0.25, 0.3) is 10.7 Å². The molecule has 0 unspecified atom stereocenters. The van der Waals surface area contributed by atoms with Crippen molar-refractivity contribution in [3.05, 3.63) is 21.3 Å². The van der Waals surface area contributed by atoms with E-state index in [0.29, 0.717) is 10.2 Å². The molecule has 0 aliphatic carbocycles. The highest BCUT2D eigenvalue weighted by Gasteiger charge is 2.12. The highest BCUT2D eigenvalue weighted by atomic mass is 35.5. The zero-order chi connectivity index (χ0) is 13.3. The molecule has 0 aromatic carbocycles. The fourth-order valence-electron chi connectivity index (χ4n) is 1.23. The summed E-state index contributed by atoms with van der Waals surface area (Å²) < 4.78 is 29.4. The fourth-order valence-corrected chi connectivity index (χ4v) is 2.91. The summed E-state index contributed by atoms with van der Waals surface area (Å²) in [5.41, 5.74) is 0. The van der Waals surface area contributed by atoms with E-state index in [2.05, 4.69) is 5.10 Å². The molecule has 0 saturated heterocycles. The third-order valence-electron chi connectivity index (χ3n) is 2.06. The number of rotatable bonds is 4. The summed E-state index contributed by atoms with van der Waals surface area (Å²) >= 11 is 12.1. The van der Waals surface area contributed by atoms with E-state index < -0.39 is 9.84 Å². The Labute approximate surface area is 118 Å². The van der Waals surface area contributed by atoms with Crippen LogP contribution < -0.4 is 0 Å². The van der Waals surface area contributed by atoms with E-state index in [-0.39, 0.29) is 17.1 Å². The Morgan fingerprint density at radius 1 is 1.56 bits per heavy atom. The number of aromatic nitrogens is 2. The van der Waals surface area contributed by atoms with E-state index in [1.54, 1.807) is 12.1 Å². The first-order valence-electron chi connectivity index (χ1n) is 4.86. The first kappa shape index (κ1) is 13.7. The SMILES string of the molecule is CS(=O)(=O)CCn1nc(-c2ccc(Cl)s2)oc1=S. The molecule has 0 atom stereocenters. The molecule has 0 N–H and O–H groups in total. The van der Waals surface area contributed by atoms with Crippen molar-refractivity contribution >= 4 is 45.0 Å². The summed E-state index contributed by atoms with van der Waals surface area (Å²) in [6.45, 7) is 0.181. The molecule has 0 aliphatic rings. The molecule has 2 aromatic heterocycles. The van der Waals surface area contributed by atoms with Crippen molar-refractivity contribution in [3.8, 4) is 10.8 Å². The van der Waals surface area contributed by atoms with Crippen LogP contribution in [-0.4, -0.2) is 30.2 Å². The van der Waals surface area contributed by atoms with Gasteiger partial charge in [0.15, 0.2) is 0 Å². The largest absolute Gasteiger partial charge is 0.408 e. The molecule has 9 heteroatoms. The third kappa shape index (κ3) is 3.41. The summed E-state index contributed by atoms with van der Waals surface area (Å²) in [6.07, 6.45) is 1.16. The number of hydrogen-bond donors (Lipinski definition) is 0. The predicted molar refractivity (Wildman–Crippen MR) is 73.4 cm³/mol. The molecular formula is C9H9ClN2O3S3. The minimum Gasteiger partial charge on any atom is -0.408 e. The number of hydrogen-bond acceptors (Lipinski definition) is 6. The monoisotopic (exact) mass is 324 g/mol. The van der Waals surface area contributed by atoms with Gasteiger partial charge in [-0.15, -0.1) is 16.4 Å². The third-order valence-corrected chi connectivity index (χ3v) is 4.50. The van der Waals surface area contributed by atoms with Crippen LogP contribution in [0.1, 0.15) is 0 Å². The standard InChI is InChI=1S/C9H9ClN2O3S3/c1-18(13,14)5-4-12-9(16)15-8(11-12)6-2-3-7(10)17-6/h2-3H,4-5H2,1H3. The van der Waals surface area contributed by atoms with E-state index in [9.17, 15) is 8.42 Å². The van der Waals surface area contributed by atoms with Crippen LogP contribution in [-0.2, 0) is 16.4 Å². The molecule has 0 amide bonds. The van der Waals surface area contributed by atoms with Crippen molar-refractivity contribution < 1.29 is 12.8 Å². The molecule has 5 nitrogen and oxygen atoms in total. The molecule has 18 heavy (non-hydrogen) atoms. The Morgan fingerprint density at radius 2 is 2.28 bits per heavy atom. The lowest BCUT2D eigenvalue weighted by Crippen LogP contribution is -2.12. The van der Waals surface area contributed by atoms with Crippen LogP contribution in [0.4, 0.5) is 0 Å². The van der Waals surface area contributed by atoms with Gasteiger partial charge in [-0.2, -0.15) is 0 Å². The molecule has 2 rings (SSSR count). The number of thiophene rings is 1. The summed E-state index contributed by atoms with van der Waals surface area (Å²) in [5.74, 6) is 0.323. The molecule has 0 spiro atoms. The number of halogens is 1. The van der Waals surface area contributed by atoms with E-state index in [0.717, 1.165) is 11.1 Å². The van der Waals surface area contributed by atoms with Crippen LogP contribution in [0.5, 0.6) is 0 Å². The molecule has 0 bridgehead atoms. The number of nitrogens with zero attached hydrogens (tertiary/aromatic N) is 2. The van der Waals surface area contributed by atoms with Crippen LogP contribution in [0.2, 0.25) is 4.34 Å². The van der Waals surface area contributed by atoms with Gasteiger partial charge in [0, 0.05) is 6.26 Å². The average Bonchev–Trinajstić information content (AvgIpc) is 2.81. The van der Waals surface area contributed by atoms with Crippen molar-refractivity contribution in [2.75, 3.05) is 12.0 Å². The van der Waals surface area contributed by atoms with Gasteiger partial charge in [0.1, 0.15) is 9.84 Å². The van der Waals surface area contributed by atoms with E-state index in [1.165, 1.54) is 16.0 Å². The number of sulfone groups is 1. The van der Waals surface area contributed by atoms with Crippen LogP contribution in [0.3, 0.4) is 0 Å². The number of aryl methyl sites for hydroxylation is 1. The summed E-state index contributed by atoms with van der Waals surface area (Å²) in [4.78, 5) is 0.905. The van der Waals surface area contributed by atoms with Crippen LogP contribution in [0.15, 0.2) is 16.5 Å². The Hall–Kier alpha value is -0.700. The maximum absolute atomic E-state index is 11.1. The van der Waals surface area contributed by atoms with Crippen molar-refractivity contribution in [1.29, 1.82) is 0 Å². The Balaban J connectivity index is 2.25. The lowest BCUT2D eigenvalue weighted by Gasteiger charge is -1.96. The van der Waals surface area contributed by atoms with E-state index >= 15 is 0 Å². The van der Waals surface area contributed by atoms with Crippen molar-refractivity contribution in [2.24, 2.45) is 0 Å². The molecule has 98 valence electrons. The Kier molecular flexibility index (Phi) is 3.90. The summed E-state index contributed by atoms with van der Waals surface area (Å²) in [6, 6.07) is 3.50. The van der Waals surface area contributed by atoms with Gasteiger partial charge in [-0.25, -0.2) is 13.1 Å². The van der Waals surface area contributed by atoms with Gasteiger partial charge in [-0.05, 0) is 24.4 Å². The Morgan fingerprint density at radius 3 is 2.83 bits per heavy atom. The molecule has 2 heterocycles. The highest BCUT2D eigenvalue weighted by Crippen LogP contribution is 2.29. The minimum absolute atomic E-state index is 0.0293.